The molecule has 5 nitrogen and oxygen atoms in total. The summed E-state index contributed by atoms with van der Waals surface area (Å²) in [6.45, 7) is 10.0. The van der Waals surface area contributed by atoms with Crippen molar-refractivity contribution in [2.75, 3.05) is 18.0 Å². The van der Waals surface area contributed by atoms with Crippen molar-refractivity contribution in [1.82, 2.24) is 14.6 Å². The van der Waals surface area contributed by atoms with E-state index in [1.54, 1.807) is 6.20 Å². The summed E-state index contributed by atoms with van der Waals surface area (Å²) in [6.07, 6.45) is 3.69. The maximum absolute atomic E-state index is 5.71. The highest BCUT2D eigenvalue weighted by Gasteiger charge is 2.16. The highest BCUT2D eigenvalue weighted by atomic mass is 15.3. The van der Waals surface area contributed by atoms with E-state index < -0.39 is 0 Å². The lowest BCUT2D eigenvalue weighted by Gasteiger charge is -2.27. The minimum atomic E-state index is 0.361. The predicted octanol–water partition coefficient (Wildman–Crippen LogP) is 2.03. The van der Waals surface area contributed by atoms with Crippen LogP contribution in [-0.4, -0.2) is 33.7 Å². The molecular formula is C14H23N5. The first-order chi connectivity index (χ1) is 9.04. The van der Waals surface area contributed by atoms with Crippen LogP contribution >= 0.6 is 0 Å². The van der Waals surface area contributed by atoms with Crippen molar-refractivity contribution in [2.24, 2.45) is 5.73 Å². The quantitative estimate of drug-likeness (QED) is 0.894. The molecule has 0 aliphatic heterocycles. The Kier molecular flexibility index (Phi) is 4.04. The lowest BCUT2D eigenvalue weighted by atomic mass is 10.1. The van der Waals surface area contributed by atoms with Gasteiger partial charge in [0.1, 0.15) is 5.52 Å². The summed E-state index contributed by atoms with van der Waals surface area (Å²) in [4.78, 5) is 6.75. The fraction of sp³-hybridized carbons (Fsp3) is 0.571. The molecule has 2 N–H and O–H groups in total. The van der Waals surface area contributed by atoms with Crippen molar-refractivity contribution in [3.8, 4) is 0 Å². The van der Waals surface area contributed by atoms with Crippen LogP contribution in [0.5, 0.6) is 0 Å². The van der Waals surface area contributed by atoms with Crippen LogP contribution in [-0.2, 0) is 0 Å². The van der Waals surface area contributed by atoms with Gasteiger partial charge in [-0.15, -0.1) is 0 Å². The molecule has 0 spiro atoms. The minimum absolute atomic E-state index is 0.361. The molecule has 2 aromatic heterocycles. The smallest absolute Gasteiger partial charge is 0.154 e. The number of nitrogens with zero attached hydrogens (tertiary/aromatic N) is 4. The van der Waals surface area contributed by atoms with Crippen LogP contribution in [0.2, 0.25) is 0 Å². The van der Waals surface area contributed by atoms with Gasteiger partial charge in [-0.2, -0.15) is 5.10 Å². The molecule has 0 aliphatic rings. The number of fused-ring (bicyclic) bond motifs is 1. The Morgan fingerprint density at radius 2 is 2.05 bits per heavy atom. The van der Waals surface area contributed by atoms with Crippen LogP contribution in [0.25, 0.3) is 5.52 Å². The Hall–Kier alpha value is -1.62. The Morgan fingerprint density at radius 3 is 2.63 bits per heavy atom. The second-order valence-electron chi connectivity index (χ2n) is 5.38. The molecule has 2 rings (SSSR count). The van der Waals surface area contributed by atoms with E-state index in [0.29, 0.717) is 18.5 Å². The molecule has 2 heterocycles. The van der Waals surface area contributed by atoms with E-state index in [1.165, 1.54) is 0 Å². The molecule has 0 aliphatic carbocycles. The van der Waals surface area contributed by atoms with E-state index >= 15 is 0 Å². The first-order valence-electron chi connectivity index (χ1n) is 6.85. The summed E-state index contributed by atoms with van der Waals surface area (Å²) in [7, 11) is 0. The van der Waals surface area contributed by atoms with Crippen molar-refractivity contribution in [3.05, 3.63) is 24.2 Å². The van der Waals surface area contributed by atoms with Gasteiger partial charge in [0.25, 0.3) is 0 Å². The number of nitrogens with two attached hydrogens (primary N) is 1. The molecule has 0 atom stereocenters. The standard InChI is InChI=1S/C14H23N5/c1-10(2)12-9-13-14(16-6-8-19(13)17-12)18(7-5-15)11(3)4/h6,8-11H,5,7,15H2,1-4H3. The third kappa shape index (κ3) is 2.71. The van der Waals surface area contributed by atoms with Gasteiger partial charge in [0.05, 0.1) is 5.69 Å². The Bertz CT molecular complexity index is 544. The van der Waals surface area contributed by atoms with Gasteiger partial charge in [-0.05, 0) is 25.8 Å². The lowest BCUT2D eigenvalue weighted by molar-refractivity contribution is 0.674. The maximum Gasteiger partial charge on any atom is 0.154 e. The summed E-state index contributed by atoms with van der Waals surface area (Å²) in [5.74, 6) is 1.37. The lowest BCUT2D eigenvalue weighted by Crippen LogP contribution is -2.36. The molecule has 0 unspecified atom stereocenters. The number of hydrogen-bond acceptors (Lipinski definition) is 4. The molecule has 19 heavy (non-hydrogen) atoms. The molecule has 0 amide bonds. The number of rotatable bonds is 5. The van der Waals surface area contributed by atoms with E-state index in [9.17, 15) is 0 Å². The molecule has 104 valence electrons. The first kappa shape index (κ1) is 13.8. The Balaban J connectivity index is 2.52. The highest BCUT2D eigenvalue weighted by Crippen LogP contribution is 2.23. The van der Waals surface area contributed by atoms with Gasteiger partial charge in [0.2, 0.25) is 0 Å². The molecule has 0 bridgehead atoms. The number of anilines is 1. The van der Waals surface area contributed by atoms with E-state index in [4.69, 9.17) is 5.73 Å². The summed E-state index contributed by atoms with van der Waals surface area (Å²) in [5, 5.41) is 4.59. The van der Waals surface area contributed by atoms with Crippen molar-refractivity contribution < 1.29 is 0 Å². The molecule has 0 fully saturated rings. The van der Waals surface area contributed by atoms with Gasteiger partial charge in [-0.1, -0.05) is 13.8 Å². The molecular weight excluding hydrogens is 238 g/mol. The van der Waals surface area contributed by atoms with Crippen molar-refractivity contribution in [3.63, 3.8) is 0 Å². The second kappa shape index (κ2) is 5.57. The summed E-state index contributed by atoms with van der Waals surface area (Å²) in [5.41, 5.74) is 7.85. The third-order valence-corrected chi connectivity index (χ3v) is 3.25. The minimum Gasteiger partial charge on any atom is -0.351 e. The second-order valence-corrected chi connectivity index (χ2v) is 5.38. The maximum atomic E-state index is 5.71. The average molecular weight is 261 g/mol. The zero-order valence-corrected chi connectivity index (χ0v) is 12.2. The van der Waals surface area contributed by atoms with Crippen LogP contribution in [0, 0.1) is 0 Å². The molecule has 0 aromatic carbocycles. The van der Waals surface area contributed by atoms with Gasteiger partial charge >= 0.3 is 0 Å². The van der Waals surface area contributed by atoms with Gasteiger partial charge in [0, 0.05) is 31.5 Å². The van der Waals surface area contributed by atoms with E-state index in [1.807, 2.05) is 10.7 Å². The predicted molar refractivity (Wildman–Crippen MR) is 78.6 cm³/mol. The molecule has 0 saturated heterocycles. The van der Waals surface area contributed by atoms with Crippen LogP contribution in [0.4, 0.5) is 5.82 Å². The topological polar surface area (TPSA) is 59.5 Å². The van der Waals surface area contributed by atoms with Gasteiger partial charge in [0.15, 0.2) is 5.82 Å². The summed E-state index contributed by atoms with van der Waals surface area (Å²) >= 11 is 0. The largest absolute Gasteiger partial charge is 0.351 e. The van der Waals surface area contributed by atoms with Crippen molar-refractivity contribution in [2.45, 2.75) is 39.7 Å². The molecule has 2 aromatic rings. The molecule has 5 heteroatoms. The monoisotopic (exact) mass is 261 g/mol. The van der Waals surface area contributed by atoms with Crippen LogP contribution < -0.4 is 10.6 Å². The van der Waals surface area contributed by atoms with Gasteiger partial charge in [-0.25, -0.2) is 9.50 Å². The average Bonchev–Trinajstić information content (AvgIpc) is 2.79. The summed E-state index contributed by atoms with van der Waals surface area (Å²) in [6, 6.07) is 2.48. The zero-order chi connectivity index (χ0) is 14.0. The highest BCUT2D eigenvalue weighted by molar-refractivity contribution is 5.69. The Labute approximate surface area is 114 Å². The first-order valence-corrected chi connectivity index (χ1v) is 6.85. The van der Waals surface area contributed by atoms with E-state index in [-0.39, 0.29) is 0 Å². The van der Waals surface area contributed by atoms with Gasteiger partial charge in [-0.3, -0.25) is 0 Å². The third-order valence-electron chi connectivity index (χ3n) is 3.25. The SMILES string of the molecule is CC(C)c1cc2c(N(CCN)C(C)C)nccn2n1. The normalized spacial score (nSPS) is 11.7. The number of aromatic nitrogens is 3. The van der Waals surface area contributed by atoms with E-state index in [2.05, 4.69) is 48.7 Å². The van der Waals surface area contributed by atoms with Gasteiger partial charge < -0.3 is 10.6 Å². The van der Waals surface area contributed by atoms with E-state index in [0.717, 1.165) is 23.6 Å². The zero-order valence-electron chi connectivity index (χ0n) is 12.2. The van der Waals surface area contributed by atoms with Crippen LogP contribution in [0.1, 0.15) is 39.3 Å². The molecule has 0 saturated carbocycles. The van der Waals surface area contributed by atoms with Crippen LogP contribution in [0.3, 0.4) is 0 Å². The molecule has 0 radical (unpaired) electrons. The van der Waals surface area contributed by atoms with Crippen molar-refractivity contribution in [1.29, 1.82) is 0 Å². The van der Waals surface area contributed by atoms with Crippen molar-refractivity contribution >= 4 is 11.3 Å². The fourth-order valence-electron chi connectivity index (χ4n) is 2.18. The number of hydrogen-bond donors (Lipinski definition) is 1. The fourth-order valence-corrected chi connectivity index (χ4v) is 2.18. The Morgan fingerprint density at radius 1 is 1.32 bits per heavy atom. The summed E-state index contributed by atoms with van der Waals surface area (Å²) < 4.78 is 1.91. The van der Waals surface area contributed by atoms with Crippen LogP contribution in [0.15, 0.2) is 18.5 Å².